The predicted molar refractivity (Wildman–Crippen MR) is 140 cm³/mol. The van der Waals surface area contributed by atoms with Gasteiger partial charge in [-0.15, -0.1) is 0 Å². The number of carbonyl (C=O) groups is 3. The Labute approximate surface area is 209 Å². The predicted octanol–water partition coefficient (Wildman–Crippen LogP) is 6.67. The second-order valence-corrected chi connectivity index (χ2v) is 9.87. The molecular formula is C29H39NO5. The summed E-state index contributed by atoms with van der Waals surface area (Å²) < 4.78 is 10.5. The van der Waals surface area contributed by atoms with Crippen LogP contribution in [0.25, 0.3) is 0 Å². The minimum absolute atomic E-state index is 0.0767. The van der Waals surface area contributed by atoms with Crippen molar-refractivity contribution in [3.63, 3.8) is 0 Å². The van der Waals surface area contributed by atoms with Gasteiger partial charge in [-0.1, -0.05) is 59.2 Å². The lowest BCUT2D eigenvalue weighted by Gasteiger charge is -2.25. The van der Waals surface area contributed by atoms with Crippen LogP contribution in [0.5, 0.6) is 5.75 Å². The average molecular weight is 482 g/mol. The fourth-order valence-electron chi connectivity index (χ4n) is 4.28. The van der Waals surface area contributed by atoms with Gasteiger partial charge in [0.1, 0.15) is 5.75 Å². The number of esters is 1. The van der Waals surface area contributed by atoms with Gasteiger partial charge in [0.2, 0.25) is 5.91 Å². The number of anilines is 1. The van der Waals surface area contributed by atoms with Crippen LogP contribution in [0.4, 0.5) is 5.69 Å². The minimum Gasteiger partial charge on any atom is -0.496 e. The number of benzene rings is 2. The van der Waals surface area contributed by atoms with Gasteiger partial charge in [-0.05, 0) is 53.5 Å². The molecule has 1 unspecified atom stereocenters. The first kappa shape index (κ1) is 28.1. The molecule has 35 heavy (non-hydrogen) atoms. The van der Waals surface area contributed by atoms with Crippen molar-refractivity contribution in [1.82, 2.24) is 0 Å². The SMILES string of the molecule is CCCC(=O)c1ccc(C(CCC)CC(=O)Nc2cc(C(=O)OC)ccc2C(C)(C)C)c(OC)c1. The van der Waals surface area contributed by atoms with Crippen molar-refractivity contribution >= 4 is 23.3 Å². The Morgan fingerprint density at radius 2 is 1.63 bits per heavy atom. The lowest BCUT2D eigenvalue weighted by atomic mass is 9.85. The molecule has 0 aliphatic heterocycles. The van der Waals surface area contributed by atoms with Crippen LogP contribution in [-0.4, -0.2) is 31.9 Å². The summed E-state index contributed by atoms with van der Waals surface area (Å²) in [5.41, 5.74) is 3.23. The van der Waals surface area contributed by atoms with Gasteiger partial charge in [-0.2, -0.15) is 0 Å². The van der Waals surface area contributed by atoms with Crippen LogP contribution in [0.15, 0.2) is 36.4 Å². The zero-order valence-electron chi connectivity index (χ0n) is 22.1. The number of hydrogen-bond donors (Lipinski definition) is 1. The van der Waals surface area contributed by atoms with Gasteiger partial charge < -0.3 is 14.8 Å². The highest BCUT2D eigenvalue weighted by Crippen LogP contribution is 2.35. The highest BCUT2D eigenvalue weighted by atomic mass is 16.5. The van der Waals surface area contributed by atoms with Crippen molar-refractivity contribution in [2.45, 2.75) is 78.1 Å². The van der Waals surface area contributed by atoms with E-state index in [0.29, 0.717) is 29.0 Å². The van der Waals surface area contributed by atoms with E-state index in [-0.39, 0.29) is 29.4 Å². The topological polar surface area (TPSA) is 81.7 Å². The van der Waals surface area contributed by atoms with Crippen LogP contribution < -0.4 is 10.1 Å². The fraction of sp³-hybridized carbons (Fsp3) is 0.483. The highest BCUT2D eigenvalue weighted by molar-refractivity contribution is 5.97. The molecule has 0 saturated carbocycles. The molecule has 0 bridgehead atoms. The van der Waals surface area contributed by atoms with E-state index < -0.39 is 5.97 Å². The first-order valence-corrected chi connectivity index (χ1v) is 12.3. The third kappa shape index (κ3) is 7.41. The molecule has 0 saturated heterocycles. The molecule has 1 amide bonds. The number of hydrogen-bond acceptors (Lipinski definition) is 5. The van der Waals surface area contributed by atoms with E-state index in [0.717, 1.165) is 30.4 Å². The summed E-state index contributed by atoms with van der Waals surface area (Å²) in [6.45, 7) is 10.2. The lowest BCUT2D eigenvalue weighted by molar-refractivity contribution is -0.116. The Bertz CT molecular complexity index is 1050. The number of amides is 1. The van der Waals surface area contributed by atoms with Gasteiger partial charge in [0.05, 0.1) is 19.8 Å². The molecule has 2 aromatic carbocycles. The molecule has 0 spiro atoms. The number of rotatable bonds is 11. The van der Waals surface area contributed by atoms with E-state index in [1.165, 1.54) is 7.11 Å². The lowest BCUT2D eigenvalue weighted by Crippen LogP contribution is -2.21. The molecule has 2 rings (SSSR count). The molecule has 0 aromatic heterocycles. The number of ketones is 1. The second-order valence-electron chi connectivity index (χ2n) is 9.87. The first-order chi connectivity index (χ1) is 16.5. The summed E-state index contributed by atoms with van der Waals surface area (Å²) in [7, 11) is 2.92. The molecule has 6 nitrogen and oxygen atoms in total. The van der Waals surface area contributed by atoms with Crippen molar-refractivity contribution in [2.24, 2.45) is 0 Å². The van der Waals surface area contributed by atoms with E-state index >= 15 is 0 Å². The quantitative estimate of drug-likeness (QED) is 0.286. The Morgan fingerprint density at radius 1 is 0.943 bits per heavy atom. The summed E-state index contributed by atoms with van der Waals surface area (Å²) in [6, 6.07) is 10.8. The van der Waals surface area contributed by atoms with Crippen LogP contribution in [-0.2, 0) is 14.9 Å². The Morgan fingerprint density at radius 3 is 2.20 bits per heavy atom. The number of ether oxygens (including phenoxy) is 2. The number of methoxy groups -OCH3 is 2. The number of Topliss-reactive ketones (excluding diaryl/α,β-unsaturated/α-hetero) is 1. The molecule has 2 aromatic rings. The molecule has 0 aliphatic rings. The van der Waals surface area contributed by atoms with Crippen LogP contribution in [0.3, 0.4) is 0 Å². The normalized spacial score (nSPS) is 12.1. The molecule has 190 valence electrons. The van der Waals surface area contributed by atoms with Gasteiger partial charge in [0.25, 0.3) is 0 Å². The molecular weight excluding hydrogens is 442 g/mol. The third-order valence-corrected chi connectivity index (χ3v) is 6.06. The molecule has 0 radical (unpaired) electrons. The average Bonchev–Trinajstić information content (AvgIpc) is 2.82. The van der Waals surface area contributed by atoms with E-state index in [1.54, 1.807) is 25.3 Å². The maximum Gasteiger partial charge on any atom is 0.337 e. The summed E-state index contributed by atoms with van der Waals surface area (Å²) >= 11 is 0. The summed E-state index contributed by atoms with van der Waals surface area (Å²) in [5, 5.41) is 3.04. The fourth-order valence-corrected chi connectivity index (χ4v) is 4.28. The van der Waals surface area contributed by atoms with E-state index in [9.17, 15) is 14.4 Å². The van der Waals surface area contributed by atoms with Crippen LogP contribution in [0.1, 0.15) is 104 Å². The third-order valence-electron chi connectivity index (χ3n) is 6.06. The number of nitrogens with one attached hydrogen (secondary N) is 1. The van der Waals surface area contributed by atoms with Crippen molar-refractivity contribution in [1.29, 1.82) is 0 Å². The standard InChI is InChI=1S/C29H39NO5/c1-8-10-19(22-14-12-20(17-26(22)34-6)25(31)11-9-2)18-27(32)30-24-16-21(28(33)35-7)13-15-23(24)29(3,4)5/h12-17,19H,8-11,18H2,1-7H3,(H,30,32). The Hall–Kier alpha value is -3.15. The Balaban J connectivity index is 2.35. The Kier molecular flexibility index (Phi) is 10.1. The first-order valence-electron chi connectivity index (χ1n) is 12.3. The van der Waals surface area contributed by atoms with Gasteiger partial charge in [0.15, 0.2) is 5.78 Å². The zero-order valence-corrected chi connectivity index (χ0v) is 22.1. The van der Waals surface area contributed by atoms with Gasteiger partial charge >= 0.3 is 5.97 Å². The molecule has 0 aliphatic carbocycles. The van der Waals surface area contributed by atoms with E-state index in [4.69, 9.17) is 9.47 Å². The van der Waals surface area contributed by atoms with E-state index in [1.807, 2.05) is 25.1 Å². The molecule has 0 heterocycles. The van der Waals surface area contributed by atoms with Crippen LogP contribution in [0.2, 0.25) is 0 Å². The monoisotopic (exact) mass is 481 g/mol. The van der Waals surface area contributed by atoms with Crippen molar-refractivity contribution in [3.05, 3.63) is 58.7 Å². The van der Waals surface area contributed by atoms with Crippen LogP contribution >= 0.6 is 0 Å². The highest BCUT2D eigenvalue weighted by Gasteiger charge is 2.24. The molecule has 0 fully saturated rings. The van der Waals surface area contributed by atoms with E-state index in [2.05, 4.69) is 33.0 Å². The molecule has 1 atom stereocenters. The van der Waals surface area contributed by atoms with Gasteiger partial charge in [-0.3, -0.25) is 9.59 Å². The maximum absolute atomic E-state index is 13.2. The summed E-state index contributed by atoms with van der Waals surface area (Å²) in [6.07, 6.45) is 3.21. The number of carbonyl (C=O) groups excluding carboxylic acids is 3. The molecule has 1 N–H and O–H groups in total. The van der Waals surface area contributed by atoms with Crippen LogP contribution in [0, 0.1) is 0 Å². The minimum atomic E-state index is -0.452. The maximum atomic E-state index is 13.2. The largest absolute Gasteiger partial charge is 0.496 e. The zero-order chi connectivity index (χ0) is 26.2. The summed E-state index contributed by atoms with van der Waals surface area (Å²) in [5.74, 6) is 0.0344. The van der Waals surface area contributed by atoms with Crippen molar-refractivity contribution in [2.75, 3.05) is 19.5 Å². The van der Waals surface area contributed by atoms with Crippen molar-refractivity contribution < 1.29 is 23.9 Å². The van der Waals surface area contributed by atoms with Gasteiger partial charge in [0, 0.05) is 24.1 Å². The second kappa shape index (κ2) is 12.5. The smallest absolute Gasteiger partial charge is 0.337 e. The molecule has 6 heteroatoms. The summed E-state index contributed by atoms with van der Waals surface area (Å²) in [4.78, 5) is 37.7. The van der Waals surface area contributed by atoms with Gasteiger partial charge in [-0.25, -0.2) is 4.79 Å². The van der Waals surface area contributed by atoms with Crippen molar-refractivity contribution in [3.8, 4) is 5.75 Å².